The van der Waals surface area contributed by atoms with E-state index in [0.717, 1.165) is 19.5 Å². The van der Waals surface area contributed by atoms with Crippen LogP contribution in [0.3, 0.4) is 0 Å². The molecule has 0 spiro atoms. The van der Waals surface area contributed by atoms with E-state index in [1.54, 1.807) is 0 Å². The van der Waals surface area contributed by atoms with Gasteiger partial charge in [0.1, 0.15) is 0 Å². The van der Waals surface area contributed by atoms with Crippen LogP contribution in [0.25, 0.3) is 0 Å². The van der Waals surface area contributed by atoms with Crippen LogP contribution in [-0.4, -0.2) is 56.0 Å². The molecule has 2 N–H and O–H groups in total. The maximum atomic E-state index is 11.9. The fourth-order valence-electron chi connectivity index (χ4n) is 2.42. The first-order valence-electron chi connectivity index (χ1n) is 6.65. The zero-order chi connectivity index (χ0) is 12.8. The van der Waals surface area contributed by atoms with E-state index in [1.807, 2.05) is 11.9 Å². The fraction of sp³-hybridized carbons (Fsp3) is 0.923. The molecule has 4 heteroatoms. The number of amides is 1. The second-order valence-corrected chi connectivity index (χ2v) is 5.57. The molecule has 0 aromatic carbocycles. The number of rotatable bonds is 6. The number of hydrogen-bond acceptors (Lipinski definition) is 3. The van der Waals surface area contributed by atoms with Crippen molar-refractivity contribution < 1.29 is 4.79 Å². The Hall–Kier alpha value is -0.610. The smallest absolute Gasteiger partial charge is 0.222 e. The topological polar surface area (TPSA) is 49.6 Å². The summed E-state index contributed by atoms with van der Waals surface area (Å²) in [6.07, 6.45) is 2.96. The van der Waals surface area contributed by atoms with E-state index in [-0.39, 0.29) is 5.91 Å². The van der Waals surface area contributed by atoms with Gasteiger partial charge in [0.2, 0.25) is 5.91 Å². The SMILES string of the molecule is CC(CN)CN(C)C(=O)CCC1CCN(C)C1. The molecule has 0 bridgehead atoms. The van der Waals surface area contributed by atoms with E-state index in [9.17, 15) is 4.79 Å². The number of nitrogens with zero attached hydrogens (tertiary/aromatic N) is 2. The van der Waals surface area contributed by atoms with Crippen molar-refractivity contribution in [3.05, 3.63) is 0 Å². The van der Waals surface area contributed by atoms with Crippen LogP contribution in [0.4, 0.5) is 0 Å². The van der Waals surface area contributed by atoms with Crippen LogP contribution in [0.5, 0.6) is 0 Å². The Morgan fingerprint density at radius 1 is 1.59 bits per heavy atom. The van der Waals surface area contributed by atoms with Gasteiger partial charge in [-0.15, -0.1) is 0 Å². The van der Waals surface area contributed by atoms with Crippen molar-refractivity contribution >= 4 is 5.91 Å². The zero-order valence-electron chi connectivity index (χ0n) is 11.5. The number of nitrogens with two attached hydrogens (primary N) is 1. The molecule has 0 aliphatic carbocycles. The molecule has 17 heavy (non-hydrogen) atoms. The summed E-state index contributed by atoms with van der Waals surface area (Å²) in [6, 6.07) is 0. The van der Waals surface area contributed by atoms with Crippen molar-refractivity contribution in [2.45, 2.75) is 26.2 Å². The van der Waals surface area contributed by atoms with E-state index in [0.29, 0.717) is 24.8 Å². The second-order valence-electron chi connectivity index (χ2n) is 5.57. The minimum absolute atomic E-state index is 0.264. The van der Waals surface area contributed by atoms with Gasteiger partial charge in [-0.2, -0.15) is 0 Å². The highest BCUT2D eigenvalue weighted by molar-refractivity contribution is 5.75. The highest BCUT2D eigenvalue weighted by atomic mass is 16.2. The van der Waals surface area contributed by atoms with Crippen LogP contribution in [-0.2, 0) is 4.79 Å². The Labute approximate surface area is 105 Å². The van der Waals surface area contributed by atoms with E-state index >= 15 is 0 Å². The quantitative estimate of drug-likeness (QED) is 0.747. The van der Waals surface area contributed by atoms with Crippen molar-refractivity contribution in [3.63, 3.8) is 0 Å². The number of hydrogen-bond donors (Lipinski definition) is 1. The molecule has 0 saturated carbocycles. The zero-order valence-corrected chi connectivity index (χ0v) is 11.5. The molecule has 100 valence electrons. The third-order valence-electron chi connectivity index (χ3n) is 3.67. The highest BCUT2D eigenvalue weighted by Crippen LogP contribution is 2.19. The van der Waals surface area contributed by atoms with Crippen molar-refractivity contribution in [2.24, 2.45) is 17.6 Å². The van der Waals surface area contributed by atoms with Crippen LogP contribution >= 0.6 is 0 Å². The summed E-state index contributed by atoms with van der Waals surface area (Å²) in [6.45, 7) is 5.83. The molecule has 0 aromatic rings. The minimum atomic E-state index is 0.264. The predicted octanol–water partition coefficient (Wildman–Crippen LogP) is 0.772. The Morgan fingerprint density at radius 3 is 2.82 bits per heavy atom. The van der Waals surface area contributed by atoms with Gasteiger partial charge in [-0.1, -0.05) is 6.92 Å². The molecule has 4 nitrogen and oxygen atoms in total. The normalized spacial score (nSPS) is 22.7. The third kappa shape index (κ3) is 5.04. The average Bonchev–Trinajstić information content (AvgIpc) is 2.71. The lowest BCUT2D eigenvalue weighted by Gasteiger charge is -2.21. The molecule has 1 heterocycles. The first-order chi connectivity index (χ1) is 8.02. The standard InChI is InChI=1S/C13H27N3O/c1-11(8-14)9-16(3)13(17)5-4-12-6-7-15(2)10-12/h11-12H,4-10,14H2,1-3H3. The summed E-state index contributed by atoms with van der Waals surface area (Å²) in [5, 5.41) is 0. The lowest BCUT2D eigenvalue weighted by molar-refractivity contribution is -0.130. The molecule has 1 saturated heterocycles. The molecule has 2 unspecified atom stereocenters. The van der Waals surface area contributed by atoms with Crippen LogP contribution in [0.1, 0.15) is 26.2 Å². The molecule has 1 rings (SSSR count). The number of carbonyl (C=O) groups is 1. The van der Waals surface area contributed by atoms with Crippen molar-refractivity contribution in [1.82, 2.24) is 9.80 Å². The lowest BCUT2D eigenvalue weighted by Crippen LogP contribution is -2.33. The second kappa shape index (κ2) is 6.97. The van der Waals surface area contributed by atoms with Crippen molar-refractivity contribution in [2.75, 3.05) is 40.3 Å². The van der Waals surface area contributed by atoms with Crippen LogP contribution in [0.15, 0.2) is 0 Å². The van der Waals surface area contributed by atoms with Crippen LogP contribution in [0, 0.1) is 11.8 Å². The Morgan fingerprint density at radius 2 is 2.29 bits per heavy atom. The molecular formula is C13H27N3O. The highest BCUT2D eigenvalue weighted by Gasteiger charge is 2.21. The molecule has 0 aromatic heterocycles. The Kier molecular flexibility index (Phi) is 5.92. The van der Waals surface area contributed by atoms with Crippen molar-refractivity contribution in [3.8, 4) is 0 Å². The van der Waals surface area contributed by atoms with Crippen molar-refractivity contribution in [1.29, 1.82) is 0 Å². The van der Waals surface area contributed by atoms with Gasteiger partial charge in [-0.05, 0) is 44.8 Å². The maximum absolute atomic E-state index is 11.9. The molecule has 1 aliphatic rings. The molecule has 1 amide bonds. The van der Waals surface area contributed by atoms with Gasteiger partial charge in [0.25, 0.3) is 0 Å². The summed E-state index contributed by atoms with van der Waals surface area (Å²) in [7, 11) is 4.03. The van der Waals surface area contributed by atoms with Gasteiger partial charge < -0.3 is 15.5 Å². The summed E-state index contributed by atoms with van der Waals surface area (Å²) in [4.78, 5) is 16.1. The number of carbonyl (C=O) groups excluding carboxylic acids is 1. The number of likely N-dealkylation sites (tertiary alicyclic amines) is 1. The van der Waals surface area contributed by atoms with Gasteiger partial charge in [0, 0.05) is 26.6 Å². The summed E-state index contributed by atoms with van der Waals surface area (Å²) < 4.78 is 0. The average molecular weight is 241 g/mol. The predicted molar refractivity (Wildman–Crippen MR) is 70.7 cm³/mol. The maximum Gasteiger partial charge on any atom is 0.222 e. The van der Waals surface area contributed by atoms with E-state index in [4.69, 9.17) is 5.73 Å². The molecular weight excluding hydrogens is 214 g/mol. The summed E-state index contributed by atoms with van der Waals surface area (Å²) in [5.74, 6) is 1.37. The summed E-state index contributed by atoms with van der Waals surface area (Å²) in [5.41, 5.74) is 5.57. The first-order valence-corrected chi connectivity index (χ1v) is 6.65. The molecule has 2 atom stereocenters. The molecule has 1 aliphatic heterocycles. The Balaban J connectivity index is 2.20. The van der Waals surface area contributed by atoms with Gasteiger partial charge in [-0.25, -0.2) is 0 Å². The monoisotopic (exact) mass is 241 g/mol. The minimum Gasteiger partial charge on any atom is -0.345 e. The molecule has 0 radical (unpaired) electrons. The van der Waals surface area contributed by atoms with Crippen LogP contribution in [0.2, 0.25) is 0 Å². The molecule has 1 fully saturated rings. The fourth-order valence-corrected chi connectivity index (χ4v) is 2.42. The van der Waals surface area contributed by atoms with Gasteiger partial charge >= 0.3 is 0 Å². The van der Waals surface area contributed by atoms with Gasteiger partial charge in [0.15, 0.2) is 0 Å². The third-order valence-corrected chi connectivity index (χ3v) is 3.67. The lowest BCUT2D eigenvalue weighted by atomic mass is 10.0. The first kappa shape index (κ1) is 14.5. The van der Waals surface area contributed by atoms with Crippen LogP contribution < -0.4 is 5.73 Å². The van der Waals surface area contributed by atoms with Gasteiger partial charge in [0.05, 0.1) is 0 Å². The van der Waals surface area contributed by atoms with E-state index < -0.39 is 0 Å². The Bertz CT molecular complexity index is 245. The largest absolute Gasteiger partial charge is 0.345 e. The van der Waals surface area contributed by atoms with Gasteiger partial charge in [-0.3, -0.25) is 4.79 Å². The van der Waals surface area contributed by atoms with E-state index in [1.165, 1.54) is 13.0 Å². The van der Waals surface area contributed by atoms with E-state index in [2.05, 4.69) is 18.9 Å². The summed E-state index contributed by atoms with van der Waals surface area (Å²) >= 11 is 0.